The van der Waals surface area contributed by atoms with Crippen molar-refractivity contribution in [1.82, 2.24) is 14.9 Å². The van der Waals surface area contributed by atoms with Gasteiger partial charge in [0, 0.05) is 49.5 Å². The maximum atomic E-state index is 13.0. The van der Waals surface area contributed by atoms with Crippen LogP contribution < -0.4 is 4.90 Å². The third-order valence-corrected chi connectivity index (χ3v) is 4.81. The number of aromatic nitrogens is 2. The number of para-hydroxylation sites is 1. The average molecular weight is 345 g/mol. The van der Waals surface area contributed by atoms with E-state index in [1.807, 2.05) is 29.2 Å². The number of pyridine rings is 1. The molecule has 0 aliphatic carbocycles. The van der Waals surface area contributed by atoms with E-state index < -0.39 is 0 Å². The second-order valence-electron chi connectivity index (χ2n) is 6.37. The van der Waals surface area contributed by atoms with Crippen LogP contribution in [0.15, 0.2) is 48.8 Å². The standard InChI is InChI=1S/C20H19N5O/c21-13-15-5-3-8-22-19(15)24-9-4-10-25(12-11-24)20(26)17-14-23-18-7-2-1-6-16(17)18/h1-3,5-8,14,23H,4,9-12H2. The normalized spacial score (nSPS) is 14.9. The van der Waals surface area contributed by atoms with Crippen LogP contribution in [0.25, 0.3) is 10.9 Å². The molecular weight excluding hydrogens is 326 g/mol. The van der Waals surface area contributed by atoms with Crippen molar-refractivity contribution < 1.29 is 4.79 Å². The van der Waals surface area contributed by atoms with E-state index in [1.165, 1.54) is 0 Å². The Morgan fingerprint density at radius 2 is 2.00 bits per heavy atom. The Morgan fingerprint density at radius 1 is 1.12 bits per heavy atom. The number of anilines is 1. The Kier molecular flexibility index (Phi) is 4.28. The van der Waals surface area contributed by atoms with Gasteiger partial charge in [0.05, 0.1) is 11.1 Å². The number of amides is 1. The molecule has 1 amide bonds. The van der Waals surface area contributed by atoms with Gasteiger partial charge >= 0.3 is 0 Å². The number of aromatic amines is 1. The fourth-order valence-corrected chi connectivity index (χ4v) is 3.49. The van der Waals surface area contributed by atoms with Gasteiger partial charge in [-0.2, -0.15) is 5.26 Å². The average Bonchev–Trinajstić information content (AvgIpc) is 2.97. The number of fused-ring (bicyclic) bond motifs is 1. The van der Waals surface area contributed by atoms with Gasteiger partial charge in [0.2, 0.25) is 0 Å². The fraction of sp³-hybridized carbons (Fsp3) is 0.250. The molecule has 0 bridgehead atoms. The molecule has 0 atom stereocenters. The number of H-pyrrole nitrogens is 1. The molecule has 1 saturated heterocycles. The Morgan fingerprint density at radius 3 is 2.88 bits per heavy atom. The third kappa shape index (κ3) is 2.88. The lowest BCUT2D eigenvalue weighted by molar-refractivity contribution is 0.0769. The van der Waals surface area contributed by atoms with E-state index in [1.54, 1.807) is 24.5 Å². The number of nitriles is 1. The lowest BCUT2D eigenvalue weighted by Crippen LogP contribution is -2.35. The zero-order valence-electron chi connectivity index (χ0n) is 14.4. The largest absolute Gasteiger partial charge is 0.360 e. The molecule has 0 radical (unpaired) electrons. The minimum atomic E-state index is 0.0471. The van der Waals surface area contributed by atoms with Crippen molar-refractivity contribution in [3.05, 3.63) is 59.9 Å². The van der Waals surface area contributed by atoms with Gasteiger partial charge in [-0.1, -0.05) is 18.2 Å². The quantitative estimate of drug-likeness (QED) is 0.775. The first-order valence-corrected chi connectivity index (χ1v) is 8.73. The van der Waals surface area contributed by atoms with Crippen molar-refractivity contribution >= 4 is 22.6 Å². The number of nitrogens with one attached hydrogen (secondary N) is 1. The van der Waals surface area contributed by atoms with Crippen LogP contribution in [0.4, 0.5) is 5.82 Å². The van der Waals surface area contributed by atoms with Crippen molar-refractivity contribution in [1.29, 1.82) is 5.26 Å². The SMILES string of the molecule is N#Cc1cccnc1N1CCCN(C(=O)c2c[nH]c3ccccc23)CC1. The van der Waals surface area contributed by atoms with E-state index in [2.05, 4.69) is 20.9 Å². The van der Waals surface area contributed by atoms with Crippen molar-refractivity contribution in [2.24, 2.45) is 0 Å². The number of carbonyl (C=O) groups excluding carboxylic acids is 1. The predicted octanol–water partition coefficient (Wildman–Crippen LogP) is 2.79. The van der Waals surface area contributed by atoms with E-state index >= 15 is 0 Å². The lowest BCUT2D eigenvalue weighted by Gasteiger charge is -2.23. The number of benzene rings is 1. The van der Waals surface area contributed by atoms with Crippen molar-refractivity contribution in [2.45, 2.75) is 6.42 Å². The molecule has 0 saturated carbocycles. The van der Waals surface area contributed by atoms with E-state index in [-0.39, 0.29) is 5.91 Å². The highest BCUT2D eigenvalue weighted by Gasteiger charge is 2.23. The van der Waals surface area contributed by atoms with Gasteiger partial charge in [-0.3, -0.25) is 4.79 Å². The summed E-state index contributed by atoms with van der Waals surface area (Å²) in [5.74, 6) is 0.752. The van der Waals surface area contributed by atoms with Crippen LogP contribution in [0.5, 0.6) is 0 Å². The summed E-state index contributed by atoms with van der Waals surface area (Å²) in [4.78, 5) is 24.5. The highest BCUT2D eigenvalue weighted by atomic mass is 16.2. The Balaban J connectivity index is 1.54. The molecule has 3 aromatic rings. The zero-order chi connectivity index (χ0) is 17.9. The molecule has 1 aliphatic rings. The molecule has 26 heavy (non-hydrogen) atoms. The van der Waals surface area contributed by atoms with E-state index in [0.717, 1.165) is 23.9 Å². The van der Waals surface area contributed by atoms with Gasteiger partial charge in [0.25, 0.3) is 5.91 Å². The first-order valence-electron chi connectivity index (χ1n) is 8.73. The Hall–Kier alpha value is -3.33. The monoisotopic (exact) mass is 345 g/mol. The van der Waals surface area contributed by atoms with Crippen LogP contribution in [0.2, 0.25) is 0 Å². The highest BCUT2D eigenvalue weighted by Crippen LogP contribution is 2.22. The van der Waals surface area contributed by atoms with E-state index in [4.69, 9.17) is 0 Å². The molecule has 4 rings (SSSR count). The molecule has 1 aromatic carbocycles. The highest BCUT2D eigenvalue weighted by molar-refractivity contribution is 6.06. The van der Waals surface area contributed by atoms with Crippen molar-refractivity contribution in [3.8, 4) is 6.07 Å². The first kappa shape index (κ1) is 16.2. The van der Waals surface area contributed by atoms with Gasteiger partial charge < -0.3 is 14.8 Å². The minimum Gasteiger partial charge on any atom is -0.360 e. The topological polar surface area (TPSA) is 76.0 Å². The predicted molar refractivity (Wildman–Crippen MR) is 100.0 cm³/mol. The summed E-state index contributed by atoms with van der Waals surface area (Å²) < 4.78 is 0. The maximum Gasteiger partial charge on any atom is 0.256 e. The van der Waals surface area contributed by atoms with Gasteiger partial charge in [0.1, 0.15) is 11.9 Å². The van der Waals surface area contributed by atoms with Crippen molar-refractivity contribution in [3.63, 3.8) is 0 Å². The summed E-state index contributed by atoms with van der Waals surface area (Å²) in [7, 11) is 0. The fourth-order valence-electron chi connectivity index (χ4n) is 3.49. The second-order valence-corrected chi connectivity index (χ2v) is 6.37. The summed E-state index contributed by atoms with van der Waals surface area (Å²) in [5, 5.41) is 10.3. The van der Waals surface area contributed by atoms with E-state index in [0.29, 0.717) is 36.6 Å². The third-order valence-electron chi connectivity index (χ3n) is 4.81. The molecule has 6 nitrogen and oxygen atoms in total. The smallest absolute Gasteiger partial charge is 0.256 e. The van der Waals surface area contributed by atoms with Crippen LogP contribution in [-0.4, -0.2) is 47.0 Å². The molecule has 0 spiro atoms. The van der Waals surface area contributed by atoms with Crippen LogP contribution in [0.1, 0.15) is 22.3 Å². The van der Waals surface area contributed by atoms with Gasteiger partial charge in [-0.25, -0.2) is 4.98 Å². The molecule has 130 valence electrons. The Labute approximate surface area is 151 Å². The summed E-state index contributed by atoms with van der Waals surface area (Å²) in [5.41, 5.74) is 2.26. The number of hydrogen-bond acceptors (Lipinski definition) is 4. The molecule has 2 aromatic heterocycles. The summed E-state index contributed by atoms with van der Waals surface area (Å²) in [6.07, 6.45) is 4.34. The Bertz CT molecular complexity index is 987. The number of carbonyl (C=O) groups is 1. The molecule has 6 heteroatoms. The van der Waals surface area contributed by atoms with Crippen molar-refractivity contribution in [2.75, 3.05) is 31.1 Å². The van der Waals surface area contributed by atoms with Gasteiger partial charge in [-0.15, -0.1) is 0 Å². The summed E-state index contributed by atoms with van der Waals surface area (Å²) in [6, 6.07) is 13.6. The lowest BCUT2D eigenvalue weighted by atomic mass is 10.1. The molecule has 1 fully saturated rings. The zero-order valence-corrected chi connectivity index (χ0v) is 14.4. The molecular formula is C20H19N5O. The minimum absolute atomic E-state index is 0.0471. The van der Waals surface area contributed by atoms with Gasteiger partial charge in [-0.05, 0) is 24.6 Å². The van der Waals surface area contributed by atoms with Crippen LogP contribution in [0.3, 0.4) is 0 Å². The van der Waals surface area contributed by atoms with E-state index in [9.17, 15) is 10.1 Å². The summed E-state index contributed by atoms with van der Waals surface area (Å²) in [6.45, 7) is 2.76. The number of nitrogens with zero attached hydrogens (tertiary/aromatic N) is 4. The molecule has 0 unspecified atom stereocenters. The molecule has 1 N–H and O–H groups in total. The number of hydrogen-bond donors (Lipinski definition) is 1. The van der Waals surface area contributed by atoms with Crippen LogP contribution in [0, 0.1) is 11.3 Å². The van der Waals surface area contributed by atoms with Crippen LogP contribution in [-0.2, 0) is 0 Å². The molecule has 3 heterocycles. The van der Waals surface area contributed by atoms with Crippen LogP contribution >= 0.6 is 0 Å². The summed E-state index contributed by atoms with van der Waals surface area (Å²) >= 11 is 0. The maximum absolute atomic E-state index is 13.0. The van der Waals surface area contributed by atoms with Gasteiger partial charge in [0.15, 0.2) is 0 Å². The second kappa shape index (κ2) is 6.89. The first-order chi connectivity index (χ1) is 12.8. The molecule has 1 aliphatic heterocycles. The number of rotatable bonds is 2.